The van der Waals surface area contributed by atoms with E-state index in [4.69, 9.17) is 4.74 Å². The van der Waals surface area contributed by atoms with Crippen molar-refractivity contribution < 1.29 is 14.3 Å². The smallest absolute Gasteiger partial charge is 0.233 e. The molecule has 2 saturated carbocycles. The summed E-state index contributed by atoms with van der Waals surface area (Å²) in [4.78, 5) is 31.4. The summed E-state index contributed by atoms with van der Waals surface area (Å²) < 4.78 is 6.26. The van der Waals surface area contributed by atoms with Crippen LogP contribution in [-0.4, -0.2) is 61.6 Å². The predicted octanol–water partition coefficient (Wildman–Crippen LogP) is 3.10. The zero-order chi connectivity index (χ0) is 21.8. The van der Waals surface area contributed by atoms with Gasteiger partial charge in [-0.05, 0) is 43.9 Å². The minimum Gasteiger partial charge on any atom is -0.373 e. The molecule has 4 unspecified atom stereocenters. The Morgan fingerprint density at radius 1 is 1.12 bits per heavy atom. The first-order valence-corrected chi connectivity index (χ1v) is 12.2. The van der Waals surface area contributed by atoms with Crippen molar-refractivity contribution >= 4 is 41.8 Å². The van der Waals surface area contributed by atoms with E-state index in [-0.39, 0.29) is 65.1 Å². The Morgan fingerprint density at radius 2 is 1.78 bits per heavy atom. The summed E-state index contributed by atoms with van der Waals surface area (Å²) in [5.74, 6) is 1.20. The van der Waals surface area contributed by atoms with Gasteiger partial charge < -0.3 is 15.4 Å². The fourth-order valence-electron chi connectivity index (χ4n) is 5.98. The number of aliphatic imine (C=N–C) groups is 1. The monoisotopic (exact) mass is 558 g/mol. The topological polar surface area (TPSA) is 83.0 Å². The number of fused-ring (bicyclic) bond motifs is 5. The van der Waals surface area contributed by atoms with E-state index in [0.29, 0.717) is 13.1 Å². The fraction of sp³-hybridized carbons (Fsp3) is 0.792. The molecule has 4 aliphatic rings. The Morgan fingerprint density at radius 3 is 2.38 bits per heavy atom. The van der Waals surface area contributed by atoms with Crippen LogP contribution in [0.5, 0.6) is 0 Å². The van der Waals surface area contributed by atoms with Gasteiger partial charge in [-0.25, -0.2) is 0 Å². The summed E-state index contributed by atoms with van der Waals surface area (Å²) in [5, 5.41) is 6.78. The van der Waals surface area contributed by atoms with Crippen molar-refractivity contribution in [3.63, 3.8) is 0 Å². The first-order valence-electron chi connectivity index (χ1n) is 12.2. The van der Waals surface area contributed by atoms with E-state index >= 15 is 0 Å². The number of ether oxygens (including phenoxy) is 1. The van der Waals surface area contributed by atoms with Gasteiger partial charge in [-0.1, -0.05) is 38.3 Å². The number of rotatable bonds is 9. The average Bonchev–Trinajstić information content (AvgIpc) is 3.47. The molecule has 4 rings (SSSR count). The third kappa shape index (κ3) is 5.16. The van der Waals surface area contributed by atoms with Crippen LogP contribution in [0.4, 0.5) is 0 Å². The Hall–Kier alpha value is -1.16. The number of carbonyl (C=O) groups excluding carboxylic acids is 2. The molecule has 32 heavy (non-hydrogen) atoms. The quantitative estimate of drug-likeness (QED) is 0.114. The average molecular weight is 559 g/mol. The second-order valence-electron chi connectivity index (χ2n) is 9.63. The molecule has 3 fully saturated rings. The summed E-state index contributed by atoms with van der Waals surface area (Å²) >= 11 is 0. The Labute approximate surface area is 209 Å². The van der Waals surface area contributed by atoms with E-state index < -0.39 is 0 Å². The molecule has 1 heterocycles. The van der Waals surface area contributed by atoms with Crippen LogP contribution in [-0.2, 0) is 14.3 Å². The molecular formula is C24H39IN4O3. The lowest BCUT2D eigenvalue weighted by Gasteiger charge is -2.37. The first-order chi connectivity index (χ1) is 15.1. The van der Waals surface area contributed by atoms with Gasteiger partial charge in [0.15, 0.2) is 5.96 Å². The van der Waals surface area contributed by atoms with Gasteiger partial charge in [0.25, 0.3) is 0 Å². The molecule has 1 aliphatic heterocycles. The SMILES string of the molecule is CCCOC1(CNC(=NC)NCCCN2C(=O)C3C4C=CC(C4)C3C2=O)CCCCC1.I. The fourth-order valence-corrected chi connectivity index (χ4v) is 5.98. The standard InChI is InChI=1S/C24H38N4O3.HI/c1-3-14-31-24(10-5-4-6-11-24)16-27-23(25-2)26-12-7-13-28-21(29)19-17-8-9-18(15-17)20(19)22(28)30;/h8-9,17-20H,3-7,10-16H2,1-2H3,(H2,25,26,27);1H. The summed E-state index contributed by atoms with van der Waals surface area (Å²) in [5.41, 5.74) is -0.0918. The Balaban J connectivity index is 0.00000289. The zero-order valence-corrected chi connectivity index (χ0v) is 21.8. The normalized spacial score (nSPS) is 30.4. The molecule has 0 aromatic rings. The van der Waals surface area contributed by atoms with Crippen LogP contribution in [0.15, 0.2) is 17.1 Å². The van der Waals surface area contributed by atoms with E-state index in [0.717, 1.165) is 51.2 Å². The van der Waals surface area contributed by atoms with Crippen LogP contribution in [0.3, 0.4) is 0 Å². The van der Waals surface area contributed by atoms with E-state index in [1.807, 2.05) is 0 Å². The number of hydrogen-bond acceptors (Lipinski definition) is 4. The largest absolute Gasteiger partial charge is 0.373 e. The van der Waals surface area contributed by atoms with Gasteiger partial charge in [-0.3, -0.25) is 19.5 Å². The second kappa shape index (κ2) is 11.3. The highest BCUT2D eigenvalue weighted by atomic mass is 127. The maximum Gasteiger partial charge on any atom is 0.233 e. The van der Waals surface area contributed by atoms with Crippen molar-refractivity contribution in [2.75, 3.05) is 33.3 Å². The third-order valence-corrected chi connectivity index (χ3v) is 7.59. The summed E-state index contributed by atoms with van der Waals surface area (Å²) in [7, 11) is 1.77. The van der Waals surface area contributed by atoms with Crippen molar-refractivity contribution in [1.82, 2.24) is 15.5 Å². The number of imide groups is 1. The maximum absolute atomic E-state index is 12.8. The number of amides is 2. The van der Waals surface area contributed by atoms with E-state index in [1.54, 1.807) is 7.05 Å². The van der Waals surface area contributed by atoms with Crippen molar-refractivity contribution in [2.24, 2.45) is 28.7 Å². The number of nitrogens with zero attached hydrogens (tertiary/aromatic N) is 2. The molecule has 2 N–H and O–H groups in total. The van der Waals surface area contributed by atoms with Crippen molar-refractivity contribution in [3.8, 4) is 0 Å². The van der Waals surface area contributed by atoms with Crippen molar-refractivity contribution in [3.05, 3.63) is 12.2 Å². The molecule has 0 aromatic heterocycles. The number of guanidine groups is 1. The van der Waals surface area contributed by atoms with Crippen LogP contribution in [0, 0.1) is 23.7 Å². The van der Waals surface area contributed by atoms with E-state index in [1.165, 1.54) is 24.2 Å². The number of halogens is 1. The molecule has 180 valence electrons. The Bertz CT molecular complexity index is 705. The number of likely N-dealkylation sites (tertiary alicyclic amines) is 1. The van der Waals surface area contributed by atoms with E-state index in [2.05, 4.69) is 34.7 Å². The van der Waals surface area contributed by atoms with Crippen LogP contribution in [0.25, 0.3) is 0 Å². The maximum atomic E-state index is 12.8. The van der Waals surface area contributed by atoms with Crippen LogP contribution in [0.1, 0.15) is 58.3 Å². The summed E-state index contributed by atoms with van der Waals surface area (Å²) in [6, 6.07) is 0. The highest BCUT2D eigenvalue weighted by Gasteiger charge is 2.58. The van der Waals surface area contributed by atoms with Crippen molar-refractivity contribution in [1.29, 1.82) is 0 Å². The summed E-state index contributed by atoms with van der Waals surface area (Å²) in [6.45, 7) is 4.85. The zero-order valence-electron chi connectivity index (χ0n) is 19.5. The van der Waals surface area contributed by atoms with Crippen LogP contribution < -0.4 is 10.6 Å². The molecule has 7 nitrogen and oxygen atoms in total. The second-order valence-corrected chi connectivity index (χ2v) is 9.63. The molecule has 2 bridgehead atoms. The number of nitrogens with one attached hydrogen (secondary N) is 2. The molecule has 2 amide bonds. The van der Waals surface area contributed by atoms with E-state index in [9.17, 15) is 9.59 Å². The molecular weight excluding hydrogens is 519 g/mol. The molecule has 3 aliphatic carbocycles. The van der Waals surface area contributed by atoms with Gasteiger partial charge in [-0.2, -0.15) is 0 Å². The number of allylic oxidation sites excluding steroid dienone is 2. The first kappa shape index (κ1) is 25.5. The molecule has 1 saturated heterocycles. The highest BCUT2D eigenvalue weighted by molar-refractivity contribution is 14.0. The van der Waals surface area contributed by atoms with Gasteiger partial charge in [0, 0.05) is 33.3 Å². The minimum atomic E-state index is -0.0975. The lowest BCUT2D eigenvalue weighted by Crippen LogP contribution is -2.50. The molecule has 0 radical (unpaired) electrons. The number of carbonyl (C=O) groups is 2. The van der Waals surface area contributed by atoms with Gasteiger partial charge in [-0.15, -0.1) is 24.0 Å². The van der Waals surface area contributed by atoms with Crippen molar-refractivity contribution in [2.45, 2.75) is 63.9 Å². The van der Waals surface area contributed by atoms with Gasteiger partial charge in [0.1, 0.15) is 0 Å². The molecule has 8 heteroatoms. The molecule has 0 spiro atoms. The Kier molecular flexibility index (Phi) is 9.00. The van der Waals surface area contributed by atoms with Crippen LogP contribution >= 0.6 is 24.0 Å². The van der Waals surface area contributed by atoms with Gasteiger partial charge >= 0.3 is 0 Å². The third-order valence-electron chi connectivity index (χ3n) is 7.59. The highest BCUT2D eigenvalue weighted by Crippen LogP contribution is 2.52. The minimum absolute atomic E-state index is 0. The number of hydrogen-bond donors (Lipinski definition) is 2. The van der Waals surface area contributed by atoms with Gasteiger partial charge in [0.2, 0.25) is 11.8 Å². The lowest BCUT2D eigenvalue weighted by atomic mass is 9.84. The lowest BCUT2D eigenvalue weighted by molar-refractivity contribution is -0.140. The molecule has 0 aromatic carbocycles. The van der Waals surface area contributed by atoms with Gasteiger partial charge in [0.05, 0.1) is 17.4 Å². The molecule has 4 atom stereocenters. The predicted molar refractivity (Wildman–Crippen MR) is 136 cm³/mol. The summed E-state index contributed by atoms with van der Waals surface area (Å²) in [6.07, 6.45) is 12.9. The van der Waals surface area contributed by atoms with Crippen LogP contribution in [0.2, 0.25) is 0 Å².